The van der Waals surface area contributed by atoms with E-state index in [0.29, 0.717) is 5.56 Å². The lowest BCUT2D eigenvalue weighted by Gasteiger charge is -2.30. The molecule has 0 aliphatic rings. The van der Waals surface area contributed by atoms with Crippen LogP contribution < -0.4 is 0 Å². The van der Waals surface area contributed by atoms with E-state index < -0.39 is 18.5 Å². The Morgan fingerprint density at radius 2 is 1.64 bits per heavy atom. The van der Waals surface area contributed by atoms with Crippen LogP contribution in [0.1, 0.15) is 21.5 Å². The standard InChI is InChI=1S/C17H17O4P/c1-3-17(22(19,20)21,14-10-5-4-6-11-14)16(18)15-12-8-7-9-13(15)2/h3-12H,1H2,2H3,(H2,19,20,21). The van der Waals surface area contributed by atoms with Crippen LogP contribution in [0, 0.1) is 6.92 Å². The number of aryl methyl sites for hydroxylation is 1. The van der Waals surface area contributed by atoms with Gasteiger partial charge in [0.25, 0.3) is 0 Å². The smallest absolute Gasteiger partial charge is 0.323 e. The van der Waals surface area contributed by atoms with E-state index >= 15 is 0 Å². The van der Waals surface area contributed by atoms with Crippen molar-refractivity contribution >= 4 is 13.4 Å². The highest BCUT2D eigenvalue weighted by atomic mass is 31.2. The van der Waals surface area contributed by atoms with Crippen LogP contribution in [0.25, 0.3) is 0 Å². The SMILES string of the molecule is C=CC(C(=O)c1ccccc1C)(c1ccccc1)P(=O)(O)O. The Hall–Kier alpha value is -2.00. The summed E-state index contributed by atoms with van der Waals surface area (Å²) in [6, 6.07) is 14.8. The molecule has 2 aromatic rings. The first-order chi connectivity index (χ1) is 10.3. The third-order valence-electron chi connectivity index (χ3n) is 3.70. The Bertz CT molecular complexity index is 748. The third kappa shape index (κ3) is 2.57. The Morgan fingerprint density at radius 1 is 1.09 bits per heavy atom. The maximum atomic E-state index is 13.0. The monoisotopic (exact) mass is 316 g/mol. The summed E-state index contributed by atoms with van der Waals surface area (Å²) in [6.07, 6.45) is 1.05. The van der Waals surface area contributed by atoms with Crippen LogP contribution in [0.3, 0.4) is 0 Å². The highest BCUT2D eigenvalue weighted by molar-refractivity contribution is 7.54. The van der Waals surface area contributed by atoms with Crippen molar-refractivity contribution in [3.8, 4) is 0 Å². The molecule has 0 fully saturated rings. The molecule has 0 saturated carbocycles. The lowest BCUT2D eigenvalue weighted by molar-refractivity contribution is 0.0944. The fourth-order valence-electron chi connectivity index (χ4n) is 2.49. The maximum Gasteiger partial charge on any atom is 0.347 e. The average Bonchev–Trinajstić information content (AvgIpc) is 2.48. The molecule has 4 nitrogen and oxygen atoms in total. The third-order valence-corrected chi connectivity index (χ3v) is 5.27. The molecule has 1 atom stereocenters. The number of hydrogen-bond acceptors (Lipinski definition) is 2. The summed E-state index contributed by atoms with van der Waals surface area (Å²) >= 11 is 0. The topological polar surface area (TPSA) is 74.6 Å². The molecule has 0 aliphatic heterocycles. The van der Waals surface area contributed by atoms with Crippen molar-refractivity contribution < 1.29 is 19.1 Å². The molecule has 2 N–H and O–H groups in total. The molecular formula is C17H17O4P. The maximum absolute atomic E-state index is 13.0. The molecule has 0 aliphatic carbocycles. The van der Waals surface area contributed by atoms with E-state index in [2.05, 4.69) is 6.58 Å². The van der Waals surface area contributed by atoms with Crippen LogP contribution in [0.15, 0.2) is 67.3 Å². The predicted molar refractivity (Wildman–Crippen MR) is 85.9 cm³/mol. The summed E-state index contributed by atoms with van der Waals surface area (Å²) in [5.41, 5.74) is 1.16. The second-order valence-corrected chi connectivity index (χ2v) is 6.82. The largest absolute Gasteiger partial charge is 0.347 e. The summed E-state index contributed by atoms with van der Waals surface area (Å²) in [5, 5.41) is -2.08. The molecule has 0 bridgehead atoms. The van der Waals surface area contributed by atoms with Crippen LogP contribution in [0.2, 0.25) is 0 Å². The number of allylic oxidation sites excluding steroid dienone is 1. The van der Waals surface area contributed by atoms with Crippen LogP contribution in [0.5, 0.6) is 0 Å². The lowest BCUT2D eigenvalue weighted by atomic mass is 9.88. The van der Waals surface area contributed by atoms with Gasteiger partial charge in [-0.1, -0.05) is 60.7 Å². The molecule has 1 unspecified atom stereocenters. The van der Waals surface area contributed by atoms with Crippen molar-refractivity contribution in [2.45, 2.75) is 12.1 Å². The van der Waals surface area contributed by atoms with E-state index in [1.807, 2.05) is 0 Å². The van der Waals surface area contributed by atoms with Gasteiger partial charge in [0.15, 0.2) is 10.9 Å². The molecule has 0 saturated heterocycles. The van der Waals surface area contributed by atoms with E-state index in [0.717, 1.165) is 6.08 Å². The van der Waals surface area contributed by atoms with Crippen molar-refractivity contribution in [3.05, 3.63) is 83.9 Å². The number of carbonyl (C=O) groups excluding carboxylic acids is 1. The predicted octanol–water partition coefficient (Wildman–Crippen LogP) is 3.44. The minimum Gasteiger partial charge on any atom is -0.323 e. The summed E-state index contributed by atoms with van der Waals surface area (Å²) in [5.74, 6) is -0.653. The fraction of sp³-hybridized carbons (Fsp3) is 0.118. The first-order valence-electron chi connectivity index (χ1n) is 6.70. The highest BCUT2D eigenvalue weighted by Crippen LogP contribution is 2.59. The zero-order valence-electron chi connectivity index (χ0n) is 12.1. The zero-order chi connectivity index (χ0) is 16.4. The first kappa shape index (κ1) is 16.4. The van der Waals surface area contributed by atoms with E-state index in [-0.39, 0.29) is 11.1 Å². The summed E-state index contributed by atoms with van der Waals surface area (Å²) < 4.78 is 12.2. The minimum absolute atomic E-state index is 0.228. The second-order valence-electron chi connectivity index (χ2n) is 5.02. The Kier molecular flexibility index (Phi) is 4.47. The van der Waals surface area contributed by atoms with Crippen LogP contribution in [-0.4, -0.2) is 15.6 Å². The second kappa shape index (κ2) is 6.01. The van der Waals surface area contributed by atoms with Crippen molar-refractivity contribution in [1.29, 1.82) is 0 Å². The normalized spacial score (nSPS) is 14.1. The van der Waals surface area contributed by atoms with Gasteiger partial charge in [0.05, 0.1) is 0 Å². The molecule has 0 aromatic heterocycles. The van der Waals surface area contributed by atoms with Crippen molar-refractivity contribution in [2.24, 2.45) is 0 Å². The zero-order valence-corrected chi connectivity index (χ0v) is 13.0. The van der Waals surface area contributed by atoms with Gasteiger partial charge in [-0.25, -0.2) is 0 Å². The molecular weight excluding hydrogens is 299 g/mol. The van der Waals surface area contributed by atoms with Crippen LogP contribution in [-0.2, 0) is 9.72 Å². The quantitative estimate of drug-likeness (QED) is 0.503. The van der Waals surface area contributed by atoms with Gasteiger partial charge in [0.2, 0.25) is 0 Å². The van der Waals surface area contributed by atoms with Gasteiger partial charge in [0, 0.05) is 5.56 Å². The molecule has 0 amide bonds. The number of hydrogen-bond donors (Lipinski definition) is 2. The van der Waals surface area contributed by atoms with Gasteiger partial charge >= 0.3 is 7.60 Å². The van der Waals surface area contributed by atoms with E-state index in [4.69, 9.17) is 0 Å². The molecule has 2 rings (SSSR count). The highest BCUT2D eigenvalue weighted by Gasteiger charge is 2.52. The van der Waals surface area contributed by atoms with Gasteiger partial charge in [-0.2, -0.15) is 0 Å². The van der Waals surface area contributed by atoms with Gasteiger partial charge < -0.3 is 9.79 Å². The van der Waals surface area contributed by atoms with Crippen LogP contribution >= 0.6 is 7.60 Å². The summed E-state index contributed by atoms with van der Waals surface area (Å²) in [6.45, 7) is 5.27. The van der Waals surface area contributed by atoms with E-state index in [9.17, 15) is 19.1 Å². The van der Waals surface area contributed by atoms with Crippen molar-refractivity contribution in [1.82, 2.24) is 0 Å². The Labute approximate surface area is 129 Å². The lowest BCUT2D eigenvalue weighted by Crippen LogP contribution is -2.34. The van der Waals surface area contributed by atoms with Crippen molar-refractivity contribution in [2.75, 3.05) is 0 Å². The molecule has 22 heavy (non-hydrogen) atoms. The fourth-order valence-corrected chi connectivity index (χ4v) is 3.59. The van der Waals surface area contributed by atoms with Crippen LogP contribution in [0.4, 0.5) is 0 Å². The average molecular weight is 316 g/mol. The Morgan fingerprint density at radius 3 is 2.14 bits per heavy atom. The molecule has 0 heterocycles. The van der Waals surface area contributed by atoms with Gasteiger partial charge in [-0.3, -0.25) is 9.36 Å². The van der Waals surface area contributed by atoms with Gasteiger partial charge in [-0.15, -0.1) is 6.58 Å². The minimum atomic E-state index is -4.84. The first-order valence-corrected chi connectivity index (χ1v) is 8.31. The summed E-state index contributed by atoms with van der Waals surface area (Å²) in [4.78, 5) is 32.8. The number of carbonyl (C=O) groups is 1. The van der Waals surface area contributed by atoms with Gasteiger partial charge in [0.1, 0.15) is 0 Å². The van der Waals surface area contributed by atoms with Crippen molar-refractivity contribution in [3.63, 3.8) is 0 Å². The molecule has 114 valence electrons. The number of benzene rings is 2. The van der Waals surface area contributed by atoms with Gasteiger partial charge in [-0.05, 0) is 18.1 Å². The van der Waals surface area contributed by atoms with E-state index in [1.54, 1.807) is 49.4 Å². The molecule has 2 aromatic carbocycles. The Balaban J connectivity index is 2.76. The van der Waals surface area contributed by atoms with E-state index in [1.165, 1.54) is 12.1 Å². The molecule has 0 radical (unpaired) electrons. The number of Topliss-reactive ketones (excluding diaryl/α,β-unsaturated/α-hetero) is 1. The number of rotatable bonds is 5. The number of ketones is 1. The summed E-state index contributed by atoms with van der Waals surface area (Å²) in [7, 11) is -4.84. The molecule has 0 spiro atoms. The molecule has 5 heteroatoms.